The van der Waals surface area contributed by atoms with Gasteiger partial charge in [0.1, 0.15) is 0 Å². The number of hydrogen-bond acceptors (Lipinski definition) is 0. The van der Waals surface area contributed by atoms with Gasteiger partial charge in [-0.05, 0) is 103 Å². The molecule has 0 aromatic heterocycles. The Labute approximate surface area is 174 Å². The molecule has 0 nitrogen and oxygen atoms in total. The first-order valence-electron chi connectivity index (χ1n) is 10.3. The third-order valence-electron chi connectivity index (χ3n) is 6.78. The fraction of sp³-hybridized carbons (Fsp3) is 0.333. The van der Waals surface area contributed by atoms with Gasteiger partial charge in [-0.2, -0.15) is 0 Å². The van der Waals surface area contributed by atoms with E-state index in [1.165, 1.54) is 57.4 Å². The van der Waals surface area contributed by atoms with E-state index >= 15 is 0 Å². The molecule has 0 heterocycles. The Morgan fingerprint density at radius 1 is 1.00 bits per heavy atom. The van der Waals surface area contributed by atoms with Gasteiger partial charge in [0.05, 0.1) is 0 Å². The molecule has 0 radical (unpaired) electrons. The standard InChI is InChI=1S/C27H29Cl/c1-6-19-7-8-21(20-9-11-23(28)12-10-20)13-26(19)27-17(4)24-14-22(16(2)3)15-25(24)18(27)5/h7-13,24-25H,4,6,14-15H2,1-3,5H3/t24-,25+/m1/s1. The molecule has 2 aliphatic rings. The van der Waals surface area contributed by atoms with Crippen molar-refractivity contribution in [3.05, 3.63) is 87.5 Å². The molecule has 0 spiro atoms. The largest absolute Gasteiger partial charge is 0.0949 e. The molecule has 1 saturated carbocycles. The van der Waals surface area contributed by atoms with Crippen molar-refractivity contribution < 1.29 is 0 Å². The summed E-state index contributed by atoms with van der Waals surface area (Å²) in [5, 5.41) is 0.778. The Bertz CT molecular complexity index is 997. The second-order valence-corrected chi connectivity index (χ2v) is 8.98. The number of fused-ring (bicyclic) bond motifs is 1. The topological polar surface area (TPSA) is 0 Å². The highest BCUT2D eigenvalue weighted by Gasteiger charge is 2.41. The van der Waals surface area contributed by atoms with Crippen LogP contribution in [0.25, 0.3) is 16.7 Å². The summed E-state index contributed by atoms with van der Waals surface area (Å²) in [4.78, 5) is 0. The molecule has 0 amide bonds. The van der Waals surface area contributed by atoms with Crippen LogP contribution >= 0.6 is 11.6 Å². The van der Waals surface area contributed by atoms with Gasteiger partial charge in [0.15, 0.2) is 0 Å². The highest BCUT2D eigenvalue weighted by Crippen LogP contribution is 2.55. The zero-order valence-electron chi connectivity index (χ0n) is 17.4. The van der Waals surface area contributed by atoms with E-state index in [0.717, 1.165) is 11.4 Å². The van der Waals surface area contributed by atoms with Crippen molar-refractivity contribution in [3.8, 4) is 11.1 Å². The lowest BCUT2D eigenvalue weighted by Gasteiger charge is -2.17. The highest BCUT2D eigenvalue weighted by atomic mass is 35.5. The summed E-state index contributed by atoms with van der Waals surface area (Å²) in [6.07, 6.45) is 3.43. The van der Waals surface area contributed by atoms with Crippen LogP contribution in [0.15, 0.2) is 71.3 Å². The Morgan fingerprint density at radius 3 is 2.25 bits per heavy atom. The number of benzene rings is 2. The monoisotopic (exact) mass is 388 g/mol. The van der Waals surface area contributed by atoms with E-state index in [9.17, 15) is 0 Å². The maximum Gasteiger partial charge on any atom is 0.0406 e. The van der Waals surface area contributed by atoms with E-state index < -0.39 is 0 Å². The Kier molecular flexibility index (Phi) is 5.10. The van der Waals surface area contributed by atoms with Crippen molar-refractivity contribution in [1.29, 1.82) is 0 Å². The number of aryl methyl sites for hydroxylation is 1. The lowest BCUT2D eigenvalue weighted by Crippen LogP contribution is -2.02. The molecule has 2 aromatic rings. The van der Waals surface area contributed by atoms with Crippen LogP contribution in [0, 0.1) is 11.8 Å². The second kappa shape index (κ2) is 7.41. The Morgan fingerprint density at radius 2 is 1.64 bits per heavy atom. The van der Waals surface area contributed by atoms with Gasteiger partial charge in [-0.3, -0.25) is 0 Å². The van der Waals surface area contributed by atoms with E-state index in [-0.39, 0.29) is 0 Å². The smallest absolute Gasteiger partial charge is 0.0406 e. The first-order valence-corrected chi connectivity index (χ1v) is 10.7. The molecule has 144 valence electrons. The minimum absolute atomic E-state index is 0.587. The maximum atomic E-state index is 6.09. The molecule has 0 N–H and O–H groups in total. The minimum atomic E-state index is 0.587. The van der Waals surface area contributed by atoms with Gasteiger partial charge in [-0.15, -0.1) is 0 Å². The fourth-order valence-electron chi connectivity index (χ4n) is 5.08. The van der Waals surface area contributed by atoms with Crippen LogP contribution in [-0.4, -0.2) is 0 Å². The SMILES string of the molecule is C=C1C(c2cc(-c3ccc(Cl)cc3)ccc2CC)=C(C)[C@@H]2CC(=C(C)C)C[C@H]12. The third kappa shape index (κ3) is 3.18. The van der Waals surface area contributed by atoms with Crippen LogP contribution in [0.4, 0.5) is 0 Å². The maximum absolute atomic E-state index is 6.09. The van der Waals surface area contributed by atoms with E-state index in [1.54, 1.807) is 5.57 Å². The number of halogens is 1. The molecule has 0 unspecified atom stereocenters. The highest BCUT2D eigenvalue weighted by molar-refractivity contribution is 6.30. The second-order valence-electron chi connectivity index (χ2n) is 8.54. The van der Waals surface area contributed by atoms with Crippen molar-refractivity contribution in [2.45, 2.75) is 47.0 Å². The predicted molar refractivity (Wildman–Crippen MR) is 123 cm³/mol. The normalized spacial score (nSPS) is 21.5. The minimum Gasteiger partial charge on any atom is -0.0949 e. The molecule has 2 aliphatic carbocycles. The van der Waals surface area contributed by atoms with Crippen LogP contribution in [0.3, 0.4) is 0 Å². The predicted octanol–water partition coefficient (Wildman–Crippen LogP) is 8.28. The van der Waals surface area contributed by atoms with Gasteiger partial charge in [0, 0.05) is 5.02 Å². The van der Waals surface area contributed by atoms with Gasteiger partial charge in [-0.25, -0.2) is 0 Å². The van der Waals surface area contributed by atoms with Crippen molar-refractivity contribution in [1.82, 2.24) is 0 Å². The number of rotatable bonds is 3. The first kappa shape index (κ1) is 19.3. The van der Waals surface area contributed by atoms with Crippen LogP contribution < -0.4 is 0 Å². The van der Waals surface area contributed by atoms with E-state index in [4.69, 9.17) is 11.6 Å². The third-order valence-corrected chi connectivity index (χ3v) is 7.03. The van der Waals surface area contributed by atoms with E-state index in [0.29, 0.717) is 11.8 Å². The lowest BCUT2D eigenvalue weighted by molar-refractivity contribution is 0.542. The summed E-state index contributed by atoms with van der Waals surface area (Å²) in [6, 6.07) is 15.0. The summed E-state index contributed by atoms with van der Waals surface area (Å²) in [5.74, 6) is 1.22. The van der Waals surface area contributed by atoms with Crippen molar-refractivity contribution in [3.63, 3.8) is 0 Å². The summed E-state index contributed by atoms with van der Waals surface area (Å²) in [6.45, 7) is 13.7. The summed E-state index contributed by atoms with van der Waals surface area (Å²) < 4.78 is 0. The van der Waals surface area contributed by atoms with Gasteiger partial charge >= 0.3 is 0 Å². The molecule has 0 aliphatic heterocycles. The summed E-state index contributed by atoms with van der Waals surface area (Å²) in [7, 11) is 0. The van der Waals surface area contributed by atoms with Gasteiger partial charge < -0.3 is 0 Å². The Hall–Kier alpha value is -2.05. The zero-order chi connectivity index (χ0) is 20.0. The number of allylic oxidation sites excluding steroid dienone is 5. The summed E-state index contributed by atoms with van der Waals surface area (Å²) in [5.41, 5.74) is 12.7. The van der Waals surface area contributed by atoms with Crippen LogP contribution in [0.5, 0.6) is 0 Å². The summed E-state index contributed by atoms with van der Waals surface area (Å²) >= 11 is 6.09. The molecule has 0 saturated heterocycles. The molecule has 1 fully saturated rings. The van der Waals surface area contributed by atoms with Crippen LogP contribution in [0.1, 0.15) is 51.7 Å². The van der Waals surface area contributed by atoms with Crippen molar-refractivity contribution in [2.24, 2.45) is 11.8 Å². The molecule has 2 atom stereocenters. The molecule has 1 heteroatoms. The molecule has 2 aromatic carbocycles. The van der Waals surface area contributed by atoms with Crippen LogP contribution in [-0.2, 0) is 6.42 Å². The average Bonchev–Trinajstić information content (AvgIpc) is 3.22. The molecule has 0 bridgehead atoms. The average molecular weight is 389 g/mol. The van der Waals surface area contributed by atoms with E-state index in [2.05, 4.69) is 64.6 Å². The van der Waals surface area contributed by atoms with Crippen molar-refractivity contribution >= 4 is 17.2 Å². The first-order chi connectivity index (χ1) is 13.4. The van der Waals surface area contributed by atoms with E-state index in [1.807, 2.05) is 12.1 Å². The van der Waals surface area contributed by atoms with Crippen molar-refractivity contribution in [2.75, 3.05) is 0 Å². The molecular weight excluding hydrogens is 360 g/mol. The number of hydrogen-bond donors (Lipinski definition) is 0. The quantitative estimate of drug-likeness (QED) is 0.464. The molecular formula is C27H29Cl. The van der Waals surface area contributed by atoms with Gasteiger partial charge in [-0.1, -0.05) is 66.1 Å². The molecule has 4 rings (SSSR count). The lowest BCUT2D eigenvalue weighted by atomic mass is 9.88. The fourth-order valence-corrected chi connectivity index (χ4v) is 5.20. The van der Waals surface area contributed by atoms with Gasteiger partial charge in [0.2, 0.25) is 0 Å². The zero-order valence-corrected chi connectivity index (χ0v) is 18.2. The van der Waals surface area contributed by atoms with Gasteiger partial charge in [0.25, 0.3) is 0 Å². The Balaban J connectivity index is 1.80. The molecule has 28 heavy (non-hydrogen) atoms. The van der Waals surface area contributed by atoms with Crippen LogP contribution in [0.2, 0.25) is 5.02 Å².